The van der Waals surface area contributed by atoms with Crippen LogP contribution in [0, 0.1) is 5.82 Å². The summed E-state index contributed by atoms with van der Waals surface area (Å²) in [4.78, 5) is 13.0. The normalized spacial score (nSPS) is 11.6. The van der Waals surface area contributed by atoms with Gasteiger partial charge in [0.15, 0.2) is 5.01 Å². The Labute approximate surface area is 160 Å². The highest BCUT2D eigenvalue weighted by molar-refractivity contribution is 7.17. The highest BCUT2D eigenvalue weighted by Crippen LogP contribution is 2.29. The van der Waals surface area contributed by atoms with E-state index in [1.54, 1.807) is 24.3 Å². The third-order valence-corrected chi connectivity index (χ3v) is 5.59. The van der Waals surface area contributed by atoms with Crippen LogP contribution in [-0.4, -0.2) is 16.1 Å². The zero-order chi connectivity index (χ0) is 17.8. The molecule has 25 heavy (non-hydrogen) atoms. The molecule has 0 unspecified atom stereocenters. The van der Waals surface area contributed by atoms with Crippen LogP contribution in [0.5, 0.6) is 0 Å². The Kier molecular flexibility index (Phi) is 5.80. The summed E-state index contributed by atoms with van der Waals surface area (Å²) in [6.45, 7) is 0.269. The molecular formula is C16H10Cl2FN3OS2. The highest BCUT2D eigenvalue weighted by atomic mass is 35.5. The maximum absolute atomic E-state index is 12.9. The Morgan fingerprint density at radius 2 is 1.84 bits per heavy atom. The van der Waals surface area contributed by atoms with E-state index in [9.17, 15) is 9.18 Å². The molecule has 128 valence electrons. The molecule has 0 saturated carbocycles. The Morgan fingerprint density at radius 3 is 2.52 bits per heavy atom. The van der Waals surface area contributed by atoms with Gasteiger partial charge in [-0.2, -0.15) is 0 Å². The minimum absolute atomic E-state index is 0.202. The van der Waals surface area contributed by atoms with Crippen molar-refractivity contribution in [3.63, 3.8) is 0 Å². The van der Waals surface area contributed by atoms with E-state index >= 15 is 0 Å². The van der Waals surface area contributed by atoms with Crippen LogP contribution in [0.3, 0.4) is 0 Å². The lowest BCUT2D eigenvalue weighted by atomic mass is 10.2. The van der Waals surface area contributed by atoms with Gasteiger partial charge in [0.25, 0.3) is 5.91 Å². The minimum atomic E-state index is -0.364. The van der Waals surface area contributed by atoms with Crippen molar-refractivity contribution >= 4 is 62.9 Å². The lowest BCUT2D eigenvalue weighted by Gasteiger charge is -2.02. The Balaban J connectivity index is 1.64. The van der Waals surface area contributed by atoms with Gasteiger partial charge in [0, 0.05) is 11.4 Å². The van der Waals surface area contributed by atoms with Crippen molar-refractivity contribution in [2.24, 2.45) is 0 Å². The van der Waals surface area contributed by atoms with Gasteiger partial charge >= 0.3 is 0 Å². The molecule has 0 aliphatic carbocycles. The number of amides is 1. The van der Waals surface area contributed by atoms with Crippen molar-refractivity contribution < 1.29 is 9.18 Å². The standard InChI is InChI=1S/C16H10Cl2FN3OS2/c17-12(7-11-5-6-13(18)24-11)15-21-22-16(25-15)14(23)20-8-9-1-3-10(19)4-2-9/h1-7H,8H2,(H,20,23). The zero-order valence-electron chi connectivity index (χ0n) is 12.5. The molecule has 1 aromatic carbocycles. The fraction of sp³-hybridized carbons (Fsp3) is 0.0625. The van der Waals surface area contributed by atoms with E-state index in [0.29, 0.717) is 14.4 Å². The lowest BCUT2D eigenvalue weighted by Crippen LogP contribution is -2.22. The average molecular weight is 414 g/mol. The van der Waals surface area contributed by atoms with Crippen molar-refractivity contribution in [1.29, 1.82) is 0 Å². The van der Waals surface area contributed by atoms with E-state index in [-0.39, 0.29) is 23.3 Å². The molecule has 3 rings (SSSR count). The van der Waals surface area contributed by atoms with Crippen molar-refractivity contribution in [3.8, 4) is 0 Å². The number of hydrogen-bond donors (Lipinski definition) is 1. The number of benzene rings is 1. The van der Waals surface area contributed by atoms with Crippen molar-refractivity contribution in [2.45, 2.75) is 6.54 Å². The number of thiophene rings is 1. The third-order valence-electron chi connectivity index (χ3n) is 3.05. The molecule has 3 aromatic rings. The van der Waals surface area contributed by atoms with Gasteiger partial charge in [-0.3, -0.25) is 4.79 Å². The Hall–Kier alpha value is -1.80. The monoisotopic (exact) mass is 413 g/mol. The van der Waals surface area contributed by atoms with Gasteiger partial charge in [0.1, 0.15) is 5.82 Å². The molecule has 0 atom stereocenters. The SMILES string of the molecule is O=C(NCc1ccc(F)cc1)c1nnc(C(Cl)=Cc2ccc(Cl)s2)s1. The van der Waals surface area contributed by atoms with Gasteiger partial charge in [-0.25, -0.2) is 4.39 Å². The summed E-state index contributed by atoms with van der Waals surface area (Å²) in [5, 5.41) is 11.5. The summed E-state index contributed by atoms with van der Waals surface area (Å²) in [6, 6.07) is 9.50. The molecule has 4 nitrogen and oxygen atoms in total. The fourth-order valence-electron chi connectivity index (χ4n) is 1.86. The maximum atomic E-state index is 12.9. The summed E-state index contributed by atoms with van der Waals surface area (Å²) in [7, 11) is 0. The Morgan fingerprint density at radius 1 is 1.12 bits per heavy atom. The molecule has 0 saturated heterocycles. The van der Waals surface area contributed by atoms with E-state index in [1.165, 1.54) is 23.5 Å². The second-order valence-electron chi connectivity index (χ2n) is 4.86. The zero-order valence-corrected chi connectivity index (χ0v) is 15.6. The van der Waals surface area contributed by atoms with E-state index in [1.807, 2.05) is 6.07 Å². The molecule has 0 aliphatic heterocycles. The predicted octanol–water partition coefficient (Wildman–Crippen LogP) is 5.06. The number of nitrogens with zero attached hydrogens (tertiary/aromatic N) is 2. The molecule has 0 fully saturated rings. The molecule has 0 radical (unpaired) electrons. The average Bonchev–Trinajstić information content (AvgIpc) is 3.23. The van der Waals surface area contributed by atoms with Crippen LogP contribution in [0.25, 0.3) is 11.1 Å². The number of aromatic nitrogens is 2. The number of carbonyl (C=O) groups excluding carboxylic acids is 1. The largest absolute Gasteiger partial charge is 0.346 e. The van der Waals surface area contributed by atoms with Gasteiger partial charge in [-0.05, 0) is 35.9 Å². The number of rotatable bonds is 5. The fourth-order valence-corrected chi connectivity index (χ4v) is 3.87. The first-order chi connectivity index (χ1) is 12.0. The lowest BCUT2D eigenvalue weighted by molar-refractivity contribution is 0.0950. The van der Waals surface area contributed by atoms with E-state index < -0.39 is 0 Å². The number of halogens is 3. The van der Waals surface area contributed by atoms with Gasteiger partial charge < -0.3 is 5.32 Å². The second kappa shape index (κ2) is 8.05. The van der Waals surface area contributed by atoms with Crippen molar-refractivity contribution in [2.75, 3.05) is 0 Å². The highest BCUT2D eigenvalue weighted by Gasteiger charge is 2.14. The van der Waals surface area contributed by atoms with Crippen LogP contribution >= 0.6 is 45.9 Å². The van der Waals surface area contributed by atoms with Crippen LogP contribution in [0.4, 0.5) is 4.39 Å². The quantitative estimate of drug-likeness (QED) is 0.635. The van der Waals surface area contributed by atoms with Crippen LogP contribution in [0.1, 0.15) is 25.3 Å². The van der Waals surface area contributed by atoms with E-state index in [2.05, 4.69) is 15.5 Å². The van der Waals surface area contributed by atoms with Crippen LogP contribution in [-0.2, 0) is 6.54 Å². The maximum Gasteiger partial charge on any atom is 0.282 e. The van der Waals surface area contributed by atoms with Crippen molar-refractivity contribution in [1.82, 2.24) is 15.5 Å². The molecule has 0 spiro atoms. The third kappa shape index (κ3) is 4.85. The first-order valence-corrected chi connectivity index (χ1v) is 9.39. The van der Waals surface area contributed by atoms with Crippen LogP contribution in [0.2, 0.25) is 4.34 Å². The number of hydrogen-bond acceptors (Lipinski definition) is 5. The minimum Gasteiger partial charge on any atom is -0.346 e. The molecule has 1 N–H and O–H groups in total. The topological polar surface area (TPSA) is 54.9 Å². The van der Waals surface area contributed by atoms with Crippen LogP contribution < -0.4 is 5.32 Å². The smallest absolute Gasteiger partial charge is 0.282 e. The molecule has 9 heteroatoms. The number of nitrogens with one attached hydrogen (secondary N) is 1. The number of carbonyl (C=O) groups is 1. The molecule has 2 heterocycles. The van der Waals surface area contributed by atoms with Gasteiger partial charge in [-0.15, -0.1) is 21.5 Å². The predicted molar refractivity (Wildman–Crippen MR) is 101 cm³/mol. The second-order valence-corrected chi connectivity index (χ2v) is 7.99. The first-order valence-electron chi connectivity index (χ1n) is 7.00. The van der Waals surface area contributed by atoms with Gasteiger partial charge in [0.05, 0.1) is 9.37 Å². The molecular weight excluding hydrogens is 404 g/mol. The summed E-state index contributed by atoms with van der Waals surface area (Å²) in [5.74, 6) is -0.686. The van der Waals surface area contributed by atoms with Crippen LogP contribution in [0.15, 0.2) is 36.4 Å². The molecule has 2 aromatic heterocycles. The van der Waals surface area contributed by atoms with Gasteiger partial charge in [-0.1, -0.05) is 46.7 Å². The van der Waals surface area contributed by atoms with E-state index in [0.717, 1.165) is 21.8 Å². The van der Waals surface area contributed by atoms with Crippen molar-refractivity contribution in [3.05, 3.63) is 67.0 Å². The molecule has 0 aliphatic rings. The summed E-state index contributed by atoms with van der Waals surface area (Å²) >= 11 is 14.6. The first kappa shape index (κ1) is 18.0. The summed E-state index contributed by atoms with van der Waals surface area (Å²) in [5.41, 5.74) is 0.784. The molecule has 1 amide bonds. The summed E-state index contributed by atoms with van der Waals surface area (Å²) in [6.07, 6.45) is 1.72. The molecule has 0 bridgehead atoms. The summed E-state index contributed by atoms with van der Waals surface area (Å²) < 4.78 is 13.5. The van der Waals surface area contributed by atoms with Gasteiger partial charge in [0.2, 0.25) is 5.01 Å². The van der Waals surface area contributed by atoms with E-state index in [4.69, 9.17) is 23.2 Å². The Bertz CT molecular complexity index is 922.